The molecule has 0 saturated carbocycles. The van der Waals surface area contributed by atoms with Crippen molar-refractivity contribution in [2.75, 3.05) is 11.9 Å². The highest BCUT2D eigenvalue weighted by molar-refractivity contribution is 8.26. The summed E-state index contributed by atoms with van der Waals surface area (Å²) in [6, 6.07) is 8.46. The third kappa shape index (κ3) is 4.39. The van der Waals surface area contributed by atoms with Crippen molar-refractivity contribution < 1.29 is 23.4 Å². The highest BCUT2D eigenvalue weighted by Gasteiger charge is 2.57. The Kier molecular flexibility index (Phi) is 6.68. The molecule has 0 saturated heterocycles. The number of carbonyl (C=O) groups is 1. The normalized spacial score (nSPS) is 25.2. The van der Waals surface area contributed by atoms with E-state index in [1.54, 1.807) is 51.1 Å². The number of nitrogens with two attached hydrogens (primary N) is 1. The molecule has 9 nitrogen and oxygen atoms in total. The molecule has 10 heteroatoms. The summed E-state index contributed by atoms with van der Waals surface area (Å²) >= 11 is 0. The Bertz CT molecular complexity index is 1270. The third-order valence-corrected chi connectivity index (χ3v) is 9.99. The second kappa shape index (κ2) is 9.32. The van der Waals surface area contributed by atoms with Crippen molar-refractivity contribution in [3.63, 3.8) is 0 Å². The summed E-state index contributed by atoms with van der Waals surface area (Å²) in [6.07, 6.45) is 1.59. The summed E-state index contributed by atoms with van der Waals surface area (Å²) in [7, 11) is -3.18. The number of aromatic nitrogens is 1. The molecule has 3 heterocycles. The number of hydrogen-bond donors (Lipinski definition) is 4. The zero-order valence-electron chi connectivity index (χ0n) is 21.0. The first-order valence-electron chi connectivity index (χ1n) is 11.7. The molecule has 0 fully saturated rings. The lowest BCUT2D eigenvalue weighted by Gasteiger charge is -2.58. The van der Waals surface area contributed by atoms with E-state index < -0.39 is 32.0 Å². The fraction of sp³-hybridized carbons (Fsp3) is 0.423. The van der Waals surface area contributed by atoms with Gasteiger partial charge in [-0.25, -0.2) is 4.98 Å². The van der Waals surface area contributed by atoms with E-state index in [4.69, 9.17) is 20.2 Å². The Hall–Kier alpha value is -3.26. The first-order chi connectivity index (χ1) is 16.9. The zero-order valence-corrected chi connectivity index (χ0v) is 21.8. The van der Waals surface area contributed by atoms with Gasteiger partial charge in [0.25, 0.3) is 5.91 Å². The highest BCUT2D eigenvalue weighted by atomic mass is 32.3. The van der Waals surface area contributed by atoms with Crippen LogP contribution in [0, 0.1) is 11.8 Å². The number of nitrogens with zero attached hydrogens (tertiary/aromatic N) is 2. The number of nitrogens with one attached hydrogen (secondary N) is 1. The molecular formula is C26H32N4O5S. The third-order valence-electron chi connectivity index (χ3n) is 6.79. The van der Waals surface area contributed by atoms with Crippen molar-refractivity contribution in [3.05, 3.63) is 47.8 Å². The number of amidine groups is 1. The first kappa shape index (κ1) is 25.8. The Balaban J connectivity index is 1.62. The molecule has 0 unspecified atom stereocenters. The van der Waals surface area contributed by atoms with Crippen LogP contribution in [0.25, 0.3) is 0 Å². The van der Waals surface area contributed by atoms with Gasteiger partial charge >= 0.3 is 0 Å². The van der Waals surface area contributed by atoms with Crippen LogP contribution < -0.4 is 20.5 Å². The molecule has 4 rings (SSSR count). The number of amides is 1. The Labute approximate surface area is 212 Å². The molecule has 0 radical (unpaired) electrons. The van der Waals surface area contributed by atoms with Gasteiger partial charge in [0.15, 0.2) is 6.10 Å². The number of hydrogen-bond acceptors (Lipinski definition) is 8. The van der Waals surface area contributed by atoms with Crippen molar-refractivity contribution >= 4 is 28.0 Å². The van der Waals surface area contributed by atoms with E-state index in [-0.39, 0.29) is 17.6 Å². The van der Waals surface area contributed by atoms with Crippen LogP contribution in [-0.2, 0) is 5.54 Å². The lowest BCUT2D eigenvalue weighted by atomic mass is 9.86. The standard InChI is InChI=1S/C26H32N4O5S/c1-6-7-16(2)35-18-9-10-20(28-15-18)23(31)29-17-8-11-21-19(14-17)26(5)22(12-13-34-21)36(32,33)25(3,4)24(27)30-26/h8-11,14-16,22,32-33H,12-13H2,1-5H3,(H2,27,30)(H,29,31)/t16-,22-,26-/m1/s1. The van der Waals surface area contributed by atoms with E-state index in [1.807, 2.05) is 13.8 Å². The minimum Gasteiger partial charge on any atom is -0.493 e. The van der Waals surface area contributed by atoms with Crippen molar-refractivity contribution in [1.82, 2.24) is 4.98 Å². The van der Waals surface area contributed by atoms with Crippen molar-refractivity contribution in [3.8, 4) is 23.3 Å². The topological polar surface area (TPSA) is 139 Å². The molecule has 192 valence electrons. The minimum absolute atomic E-state index is 0.175. The molecule has 2 aromatic rings. The van der Waals surface area contributed by atoms with Gasteiger partial charge in [0.1, 0.15) is 33.3 Å². The summed E-state index contributed by atoms with van der Waals surface area (Å²) in [4.78, 5) is 21.9. The van der Waals surface area contributed by atoms with Crippen LogP contribution in [-0.4, -0.2) is 48.5 Å². The van der Waals surface area contributed by atoms with Gasteiger partial charge in [-0.1, -0.05) is 5.92 Å². The van der Waals surface area contributed by atoms with Gasteiger partial charge in [-0.2, -0.15) is 10.6 Å². The van der Waals surface area contributed by atoms with Gasteiger partial charge in [0.2, 0.25) is 0 Å². The molecule has 3 atom stereocenters. The summed E-state index contributed by atoms with van der Waals surface area (Å²) in [5.74, 6) is 6.53. The quantitative estimate of drug-likeness (QED) is 0.446. The Morgan fingerprint density at radius 1 is 1.31 bits per heavy atom. The van der Waals surface area contributed by atoms with E-state index >= 15 is 0 Å². The minimum atomic E-state index is -3.18. The number of rotatable bonds is 4. The average Bonchev–Trinajstić information content (AvgIpc) is 2.95. The lowest BCUT2D eigenvalue weighted by molar-refractivity contribution is 0.102. The van der Waals surface area contributed by atoms with E-state index in [0.717, 1.165) is 0 Å². The second-order valence-corrected chi connectivity index (χ2v) is 12.3. The predicted molar refractivity (Wildman–Crippen MR) is 142 cm³/mol. The smallest absolute Gasteiger partial charge is 0.274 e. The molecule has 2 aliphatic rings. The van der Waals surface area contributed by atoms with E-state index in [2.05, 4.69) is 22.1 Å². The molecule has 0 bridgehead atoms. The van der Waals surface area contributed by atoms with Gasteiger partial charge in [-0.15, -0.1) is 5.92 Å². The van der Waals surface area contributed by atoms with Gasteiger partial charge in [-0.05, 0) is 65.0 Å². The van der Waals surface area contributed by atoms with E-state index in [0.29, 0.717) is 35.8 Å². The van der Waals surface area contributed by atoms with Gasteiger partial charge < -0.3 is 20.5 Å². The number of anilines is 1. The van der Waals surface area contributed by atoms with Gasteiger partial charge in [-0.3, -0.25) is 18.9 Å². The maximum atomic E-state index is 12.9. The number of pyridine rings is 1. The monoisotopic (exact) mass is 512 g/mol. The van der Waals surface area contributed by atoms with Crippen LogP contribution in [0.1, 0.15) is 57.1 Å². The van der Waals surface area contributed by atoms with Crippen molar-refractivity contribution in [2.45, 2.75) is 62.7 Å². The Morgan fingerprint density at radius 3 is 2.72 bits per heavy atom. The van der Waals surface area contributed by atoms with Crippen LogP contribution in [0.4, 0.5) is 5.69 Å². The lowest BCUT2D eigenvalue weighted by Crippen LogP contribution is -2.56. The molecule has 1 amide bonds. The van der Waals surface area contributed by atoms with Crippen LogP contribution in [0.2, 0.25) is 0 Å². The van der Waals surface area contributed by atoms with E-state index in [9.17, 15) is 13.9 Å². The molecule has 1 aromatic heterocycles. The number of benzene rings is 1. The summed E-state index contributed by atoms with van der Waals surface area (Å²) in [5, 5.41) is 2.25. The fourth-order valence-corrected chi connectivity index (χ4v) is 6.90. The van der Waals surface area contributed by atoms with Crippen molar-refractivity contribution in [1.29, 1.82) is 0 Å². The first-order valence-corrected chi connectivity index (χ1v) is 13.3. The molecule has 0 spiro atoms. The number of fused-ring (bicyclic) bond motifs is 3. The van der Waals surface area contributed by atoms with Gasteiger partial charge in [0.05, 0.1) is 18.1 Å². The molecule has 5 N–H and O–H groups in total. The largest absolute Gasteiger partial charge is 0.493 e. The van der Waals surface area contributed by atoms with E-state index in [1.165, 1.54) is 6.20 Å². The van der Waals surface area contributed by atoms with Crippen LogP contribution >= 0.6 is 10.6 Å². The maximum Gasteiger partial charge on any atom is 0.274 e. The van der Waals surface area contributed by atoms with Crippen LogP contribution in [0.5, 0.6) is 11.5 Å². The number of ether oxygens (including phenoxy) is 2. The number of aliphatic imine (C=N–C) groups is 1. The summed E-state index contributed by atoms with van der Waals surface area (Å²) < 4.78 is 33.1. The zero-order chi connectivity index (χ0) is 26.3. The molecule has 2 aliphatic heterocycles. The SMILES string of the molecule is CC#C[C@@H](C)Oc1ccc(C(=O)Nc2ccc3c(c2)[C@@]2(C)N=C(N)C(C)(C)S(O)(O)[C@@H]2CCO3)nc1. The maximum absolute atomic E-state index is 12.9. The van der Waals surface area contributed by atoms with Crippen LogP contribution in [0.3, 0.4) is 0 Å². The molecule has 1 aromatic carbocycles. The number of carbonyl (C=O) groups excluding carboxylic acids is 1. The predicted octanol–water partition coefficient (Wildman–Crippen LogP) is 4.39. The molecule has 0 aliphatic carbocycles. The summed E-state index contributed by atoms with van der Waals surface area (Å²) in [5.41, 5.74) is 6.55. The average molecular weight is 513 g/mol. The molecular weight excluding hydrogens is 480 g/mol. The molecule has 36 heavy (non-hydrogen) atoms. The fourth-order valence-electron chi connectivity index (χ4n) is 4.59. The van der Waals surface area contributed by atoms with Crippen LogP contribution in [0.15, 0.2) is 41.5 Å². The highest BCUT2D eigenvalue weighted by Crippen LogP contribution is 2.66. The Morgan fingerprint density at radius 2 is 2.06 bits per heavy atom. The second-order valence-electron chi connectivity index (χ2n) is 9.57. The van der Waals surface area contributed by atoms with Gasteiger partial charge in [0, 0.05) is 17.7 Å². The van der Waals surface area contributed by atoms with Crippen molar-refractivity contribution in [2.24, 2.45) is 10.7 Å². The summed E-state index contributed by atoms with van der Waals surface area (Å²) in [6.45, 7) is 9.10.